The first-order chi connectivity index (χ1) is 16.3. The van der Waals surface area contributed by atoms with Gasteiger partial charge in [0.15, 0.2) is 5.56 Å². The molecule has 12 heteroatoms. The number of amides is 2. The second-order valence-corrected chi connectivity index (χ2v) is 8.87. The summed E-state index contributed by atoms with van der Waals surface area (Å²) in [5.41, 5.74) is -0.333. The minimum absolute atomic E-state index is 0.0484. The number of ether oxygens (including phenoxy) is 1. The average Bonchev–Trinajstić information content (AvgIpc) is 3.39. The summed E-state index contributed by atoms with van der Waals surface area (Å²) in [5, 5.41) is 23.9. The van der Waals surface area contributed by atoms with E-state index in [9.17, 15) is 28.6 Å². The highest BCUT2D eigenvalue weighted by atomic mass is 32.1. The first kappa shape index (κ1) is 25.8. The molecule has 1 fully saturated rings. The molecule has 2 aromatic rings. The summed E-state index contributed by atoms with van der Waals surface area (Å²) in [7, 11) is 0. The monoisotopic (exact) mass is 498 g/mol. The van der Waals surface area contributed by atoms with Gasteiger partial charge in [-0.15, -0.1) is 0 Å². The zero-order valence-corrected chi connectivity index (χ0v) is 19.6. The number of aliphatic hydroxyl groups excluding tert-OH is 1. The van der Waals surface area contributed by atoms with Gasteiger partial charge in [-0.25, -0.2) is 18.4 Å². The van der Waals surface area contributed by atoms with Crippen molar-refractivity contribution in [3.8, 4) is 5.88 Å². The number of benzene rings is 1. The Kier molecular flexibility index (Phi) is 9.13. The Hall–Kier alpha value is -2.83. The molecule has 1 atom stereocenters. The Morgan fingerprint density at radius 2 is 2.03 bits per heavy atom. The minimum Gasteiger partial charge on any atom is -0.477 e. The van der Waals surface area contributed by atoms with E-state index in [1.54, 1.807) is 6.92 Å². The van der Waals surface area contributed by atoms with E-state index in [1.807, 2.05) is 0 Å². The van der Waals surface area contributed by atoms with Gasteiger partial charge in [-0.05, 0) is 74.9 Å². The van der Waals surface area contributed by atoms with Crippen LogP contribution in [0, 0.1) is 18.6 Å². The molecule has 2 heterocycles. The maximum atomic E-state index is 14.0. The van der Waals surface area contributed by atoms with Crippen molar-refractivity contribution in [2.75, 3.05) is 31.6 Å². The predicted molar refractivity (Wildman–Crippen MR) is 122 cm³/mol. The number of carbonyl (C=O) groups excluding carboxylic acids is 1. The van der Waals surface area contributed by atoms with Crippen LogP contribution in [0.3, 0.4) is 0 Å². The van der Waals surface area contributed by atoms with Gasteiger partial charge in [-0.1, -0.05) is 0 Å². The van der Waals surface area contributed by atoms with Crippen LogP contribution in [-0.2, 0) is 6.61 Å². The number of carboxylic acid groups (broad SMARTS) is 1. The molecule has 0 bridgehead atoms. The molecule has 34 heavy (non-hydrogen) atoms. The van der Waals surface area contributed by atoms with Crippen LogP contribution in [0.15, 0.2) is 12.1 Å². The zero-order chi connectivity index (χ0) is 24.7. The molecular formula is C22H28F2N4O5S. The van der Waals surface area contributed by atoms with Crippen molar-refractivity contribution in [3.05, 3.63) is 40.5 Å². The zero-order valence-electron chi connectivity index (χ0n) is 18.8. The molecule has 0 saturated carbocycles. The second kappa shape index (κ2) is 12.0. The number of aromatic carboxylic acids is 1. The number of rotatable bonds is 11. The lowest BCUT2D eigenvalue weighted by Gasteiger charge is -2.22. The third kappa shape index (κ3) is 6.61. The third-order valence-electron chi connectivity index (χ3n) is 5.61. The highest BCUT2D eigenvalue weighted by Crippen LogP contribution is 2.31. The molecule has 1 aliphatic heterocycles. The first-order valence-corrected chi connectivity index (χ1v) is 11.8. The van der Waals surface area contributed by atoms with E-state index in [-0.39, 0.29) is 29.1 Å². The standard InChI is InChI=1S/C22H28F2N4O5S/c1-13-9-16(23)15(17(24)10-13)12-33-19-18(21(30)31)20(34-27-19)26-22(32)25-6-2-3-7-28-8-4-5-14(28)11-29/h9-10,14,29H,2-8,11-12H2,1H3,(H,30,31)(H2,25,26,32). The van der Waals surface area contributed by atoms with Crippen molar-refractivity contribution >= 4 is 28.5 Å². The molecule has 0 radical (unpaired) electrons. The van der Waals surface area contributed by atoms with Gasteiger partial charge in [-0.3, -0.25) is 10.2 Å². The van der Waals surface area contributed by atoms with Crippen LogP contribution < -0.4 is 15.4 Å². The highest BCUT2D eigenvalue weighted by molar-refractivity contribution is 7.11. The van der Waals surface area contributed by atoms with Crippen LogP contribution in [-0.4, -0.2) is 63.8 Å². The maximum absolute atomic E-state index is 14.0. The normalized spacial score (nSPS) is 15.9. The minimum atomic E-state index is -1.40. The summed E-state index contributed by atoms with van der Waals surface area (Å²) in [6.45, 7) is 3.35. The fourth-order valence-corrected chi connectivity index (χ4v) is 4.56. The maximum Gasteiger partial charge on any atom is 0.344 e. The molecule has 1 saturated heterocycles. The van der Waals surface area contributed by atoms with Crippen LogP contribution in [0.25, 0.3) is 0 Å². The van der Waals surface area contributed by atoms with Gasteiger partial charge in [0, 0.05) is 12.6 Å². The molecule has 1 aromatic heterocycles. The largest absolute Gasteiger partial charge is 0.477 e. The average molecular weight is 499 g/mol. The lowest BCUT2D eigenvalue weighted by Crippen LogP contribution is -2.34. The van der Waals surface area contributed by atoms with Crippen molar-refractivity contribution in [1.29, 1.82) is 0 Å². The van der Waals surface area contributed by atoms with Crippen LogP contribution >= 0.6 is 11.5 Å². The number of anilines is 1. The summed E-state index contributed by atoms with van der Waals surface area (Å²) in [6, 6.07) is 1.91. The number of nitrogens with zero attached hydrogens (tertiary/aromatic N) is 2. The molecule has 1 aromatic carbocycles. The molecule has 4 N–H and O–H groups in total. The van der Waals surface area contributed by atoms with E-state index in [0.29, 0.717) is 23.6 Å². The Labute approximate surface area is 199 Å². The fraction of sp³-hybridized carbons (Fsp3) is 0.500. The number of carboxylic acids is 1. The Balaban J connectivity index is 1.50. The van der Waals surface area contributed by atoms with Gasteiger partial charge >= 0.3 is 12.0 Å². The Morgan fingerprint density at radius 3 is 2.71 bits per heavy atom. The first-order valence-electron chi connectivity index (χ1n) is 11.0. The van der Waals surface area contributed by atoms with Crippen molar-refractivity contribution in [2.45, 2.75) is 45.3 Å². The number of nitrogens with one attached hydrogen (secondary N) is 2. The Bertz CT molecular complexity index is 996. The fourth-order valence-electron chi connectivity index (χ4n) is 3.84. The van der Waals surface area contributed by atoms with Crippen LogP contribution in [0.4, 0.5) is 18.6 Å². The van der Waals surface area contributed by atoms with Gasteiger partial charge < -0.3 is 20.3 Å². The van der Waals surface area contributed by atoms with E-state index in [4.69, 9.17) is 4.74 Å². The van der Waals surface area contributed by atoms with Gasteiger partial charge in [0.2, 0.25) is 5.88 Å². The summed E-state index contributed by atoms with van der Waals surface area (Å²) < 4.78 is 37.2. The van der Waals surface area contributed by atoms with Gasteiger partial charge in [-0.2, -0.15) is 4.37 Å². The van der Waals surface area contributed by atoms with E-state index < -0.39 is 35.8 Å². The molecular weight excluding hydrogens is 470 g/mol. The molecule has 9 nitrogen and oxygen atoms in total. The quantitative estimate of drug-likeness (QED) is 0.350. The number of aryl methyl sites for hydroxylation is 1. The van der Waals surface area contributed by atoms with Crippen LogP contribution in [0.5, 0.6) is 5.88 Å². The number of hydrogen-bond donors (Lipinski definition) is 4. The number of carbonyl (C=O) groups is 2. The lowest BCUT2D eigenvalue weighted by molar-refractivity contribution is 0.0693. The van der Waals surface area contributed by atoms with E-state index >= 15 is 0 Å². The Morgan fingerprint density at radius 1 is 1.29 bits per heavy atom. The number of aliphatic hydroxyl groups is 1. The number of halogens is 2. The van der Waals surface area contributed by atoms with Gasteiger partial charge in [0.25, 0.3) is 0 Å². The third-order valence-corrected chi connectivity index (χ3v) is 6.35. The van der Waals surface area contributed by atoms with Crippen molar-refractivity contribution in [1.82, 2.24) is 14.6 Å². The molecule has 186 valence electrons. The molecule has 1 unspecified atom stereocenters. The number of urea groups is 1. The number of aromatic nitrogens is 1. The van der Waals surface area contributed by atoms with Gasteiger partial charge in [0.05, 0.1) is 12.2 Å². The predicted octanol–water partition coefficient (Wildman–Crippen LogP) is 3.37. The van der Waals surface area contributed by atoms with Crippen LogP contribution in [0.1, 0.15) is 47.2 Å². The van der Waals surface area contributed by atoms with E-state index in [1.165, 1.54) is 0 Å². The smallest absolute Gasteiger partial charge is 0.344 e. The molecule has 0 aliphatic carbocycles. The summed E-state index contributed by atoms with van der Waals surface area (Å²) in [6.07, 6.45) is 3.65. The van der Waals surface area contributed by atoms with E-state index in [0.717, 1.165) is 50.9 Å². The molecule has 2 amide bonds. The summed E-state index contributed by atoms with van der Waals surface area (Å²) in [5.74, 6) is -3.35. The molecule has 1 aliphatic rings. The van der Waals surface area contributed by atoms with Crippen molar-refractivity contribution in [3.63, 3.8) is 0 Å². The topological polar surface area (TPSA) is 124 Å². The number of unbranched alkanes of at least 4 members (excludes halogenated alkanes) is 1. The second-order valence-electron chi connectivity index (χ2n) is 8.10. The van der Waals surface area contributed by atoms with E-state index in [2.05, 4.69) is 19.9 Å². The molecule has 0 spiro atoms. The molecule has 3 rings (SSSR count). The highest BCUT2D eigenvalue weighted by Gasteiger charge is 2.25. The number of hydrogen-bond acceptors (Lipinski definition) is 7. The summed E-state index contributed by atoms with van der Waals surface area (Å²) >= 11 is 0.696. The van der Waals surface area contributed by atoms with Crippen LogP contribution in [0.2, 0.25) is 0 Å². The van der Waals surface area contributed by atoms with Gasteiger partial charge in [0.1, 0.15) is 23.2 Å². The summed E-state index contributed by atoms with van der Waals surface area (Å²) in [4.78, 5) is 26.1. The SMILES string of the molecule is Cc1cc(F)c(COc2nsc(NC(=O)NCCCCN3CCCC3CO)c2C(=O)O)c(F)c1. The van der Waals surface area contributed by atoms with Crippen molar-refractivity contribution < 1.29 is 33.3 Å². The lowest BCUT2D eigenvalue weighted by atomic mass is 10.1. The van der Waals surface area contributed by atoms with Crippen molar-refractivity contribution in [2.24, 2.45) is 0 Å². The number of likely N-dealkylation sites (tertiary alicyclic amines) is 1.